The summed E-state index contributed by atoms with van der Waals surface area (Å²) in [6.45, 7) is 5.41. The molecule has 2 aromatic rings. The number of aromatic hydroxyl groups is 1. The molecule has 9 heteroatoms. The van der Waals surface area contributed by atoms with E-state index >= 15 is 0 Å². The van der Waals surface area contributed by atoms with Crippen molar-refractivity contribution in [3.8, 4) is 5.75 Å². The monoisotopic (exact) mass is 526 g/mol. The summed E-state index contributed by atoms with van der Waals surface area (Å²) in [4.78, 5) is 24.9. The van der Waals surface area contributed by atoms with E-state index in [1.54, 1.807) is 12.1 Å². The van der Waals surface area contributed by atoms with Crippen LogP contribution in [0.3, 0.4) is 0 Å². The minimum absolute atomic E-state index is 0.0253. The van der Waals surface area contributed by atoms with E-state index in [9.17, 15) is 30.0 Å². The van der Waals surface area contributed by atoms with Crippen LogP contribution >= 0.6 is 0 Å². The number of phenols is 1. The van der Waals surface area contributed by atoms with Crippen LogP contribution in [0.1, 0.15) is 45.1 Å². The van der Waals surface area contributed by atoms with E-state index in [2.05, 4.69) is 0 Å². The Kier molecular flexibility index (Phi) is 8.64. The van der Waals surface area contributed by atoms with Crippen molar-refractivity contribution in [3.05, 3.63) is 69.8 Å². The predicted octanol–water partition coefficient (Wildman–Crippen LogP) is 2.01. The third-order valence-corrected chi connectivity index (χ3v) is 7.25. The molecule has 1 aliphatic carbocycles. The summed E-state index contributed by atoms with van der Waals surface area (Å²) >= 11 is 0. The zero-order chi connectivity index (χ0) is 27.6. The Morgan fingerprint density at radius 1 is 1.16 bits per heavy atom. The Bertz CT molecular complexity index is 1200. The first kappa shape index (κ1) is 27.9. The number of benzene rings is 2. The smallest absolute Gasteiger partial charge is 0.331 e. The third-order valence-electron chi connectivity index (χ3n) is 7.25. The third kappa shape index (κ3) is 5.82. The van der Waals surface area contributed by atoms with Crippen molar-refractivity contribution in [2.24, 2.45) is 5.92 Å². The van der Waals surface area contributed by atoms with Crippen LogP contribution in [-0.2, 0) is 31.8 Å². The number of hydrogen-bond donors (Lipinski definition) is 4. The van der Waals surface area contributed by atoms with E-state index < -0.39 is 43.3 Å². The van der Waals surface area contributed by atoms with Crippen molar-refractivity contribution in [1.29, 1.82) is 0 Å². The molecule has 0 radical (unpaired) electrons. The number of carbonyl (C=O) groups excluding carboxylic acids is 2. The van der Waals surface area contributed by atoms with Gasteiger partial charge in [0.2, 0.25) is 0 Å². The van der Waals surface area contributed by atoms with Gasteiger partial charge in [0.15, 0.2) is 18.2 Å². The zero-order valence-electron chi connectivity index (χ0n) is 21.7. The molecular weight excluding hydrogens is 492 g/mol. The number of carbonyl (C=O) groups is 2. The molecule has 0 unspecified atom stereocenters. The second-order valence-corrected chi connectivity index (χ2v) is 9.95. The number of aryl methyl sites for hydroxylation is 1. The summed E-state index contributed by atoms with van der Waals surface area (Å²) in [6.07, 6.45) is -2.97. The Morgan fingerprint density at radius 2 is 1.87 bits per heavy atom. The molecule has 1 saturated heterocycles. The van der Waals surface area contributed by atoms with E-state index in [0.717, 1.165) is 40.3 Å². The number of ketones is 1. The van der Waals surface area contributed by atoms with Gasteiger partial charge in [-0.15, -0.1) is 0 Å². The van der Waals surface area contributed by atoms with Crippen LogP contribution in [0.4, 0.5) is 0 Å². The molecular formula is C29H34O9. The van der Waals surface area contributed by atoms with Gasteiger partial charge in [-0.1, -0.05) is 25.1 Å². The molecule has 4 rings (SSSR count). The average molecular weight is 527 g/mol. The molecule has 9 nitrogen and oxygen atoms in total. The minimum Gasteiger partial charge on any atom is -0.508 e. The molecule has 0 spiro atoms. The van der Waals surface area contributed by atoms with Crippen LogP contribution < -0.4 is 0 Å². The number of rotatable bonds is 8. The fraction of sp³-hybridized carbons (Fsp3) is 0.448. The highest BCUT2D eigenvalue weighted by atomic mass is 16.7. The lowest BCUT2D eigenvalue weighted by Gasteiger charge is -2.41. The quantitative estimate of drug-likeness (QED) is 0.300. The molecule has 204 valence electrons. The standard InChI is InChI=1S/C29H34O9/c1-15-12-19-13-16(2)25(33)24(19)17(3)21(15)10-11-36-29-27(35)26(34)28(22(14-30)37-29)38-23(32)9-6-18-4-7-20(31)8-5-18/h4-9,12,16,22,26-31,34-35H,10-11,13-14H2,1-3H3/b9-6+/t16-,22-,26-,27-,28-,29-/m1/s1. The van der Waals surface area contributed by atoms with Gasteiger partial charge < -0.3 is 34.6 Å². The molecule has 0 aromatic heterocycles. The Morgan fingerprint density at radius 3 is 2.55 bits per heavy atom. The first-order valence-corrected chi connectivity index (χ1v) is 12.7. The van der Waals surface area contributed by atoms with Crippen molar-refractivity contribution in [1.82, 2.24) is 0 Å². The van der Waals surface area contributed by atoms with Crippen molar-refractivity contribution in [2.75, 3.05) is 13.2 Å². The van der Waals surface area contributed by atoms with Crippen LogP contribution in [0.15, 0.2) is 36.4 Å². The Hall–Kier alpha value is -3.08. The Balaban J connectivity index is 1.36. The first-order chi connectivity index (χ1) is 18.1. The maximum absolute atomic E-state index is 12.6. The summed E-state index contributed by atoms with van der Waals surface area (Å²) in [6, 6.07) is 8.18. The molecule has 6 atom stereocenters. The highest BCUT2D eigenvalue weighted by molar-refractivity contribution is 6.03. The second-order valence-electron chi connectivity index (χ2n) is 9.95. The topological polar surface area (TPSA) is 143 Å². The average Bonchev–Trinajstić information content (AvgIpc) is 3.17. The van der Waals surface area contributed by atoms with E-state index in [4.69, 9.17) is 14.2 Å². The number of esters is 1. The van der Waals surface area contributed by atoms with Crippen molar-refractivity contribution in [3.63, 3.8) is 0 Å². The van der Waals surface area contributed by atoms with E-state index in [0.29, 0.717) is 12.0 Å². The number of Topliss-reactive ketones (excluding diaryl/α,β-unsaturated/α-hetero) is 1. The number of ether oxygens (including phenoxy) is 3. The van der Waals surface area contributed by atoms with Gasteiger partial charge >= 0.3 is 5.97 Å². The van der Waals surface area contributed by atoms with Crippen molar-refractivity contribution >= 4 is 17.8 Å². The number of hydrogen-bond acceptors (Lipinski definition) is 9. The van der Waals surface area contributed by atoms with Crippen LogP contribution in [0.5, 0.6) is 5.75 Å². The van der Waals surface area contributed by atoms with E-state index in [1.165, 1.54) is 18.2 Å². The molecule has 0 amide bonds. The van der Waals surface area contributed by atoms with Crippen molar-refractivity contribution in [2.45, 2.75) is 64.3 Å². The first-order valence-electron chi connectivity index (χ1n) is 12.7. The van der Waals surface area contributed by atoms with Crippen molar-refractivity contribution < 1.29 is 44.2 Å². The normalized spacial score (nSPS) is 27.1. The molecule has 0 bridgehead atoms. The highest BCUT2D eigenvalue weighted by Gasteiger charge is 2.47. The maximum atomic E-state index is 12.6. The molecule has 0 saturated carbocycles. The van der Waals surface area contributed by atoms with Gasteiger partial charge in [-0.3, -0.25) is 4.79 Å². The summed E-state index contributed by atoms with van der Waals surface area (Å²) in [5.74, 6) is -0.589. The second kappa shape index (κ2) is 11.8. The highest BCUT2D eigenvalue weighted by Crippen LogP contribution is 2.33. The van der Waals surface area contributed by atoms with Gasteiger partial charge in [0.25, 0.3) is 0 Å². The lowest BCUT2D eigenvalue weighted by Crippen LogP contribution is -2.60. The SMILES string of the molecule is Cc1cc2c(c(C)c1CCO[C@@H]1O[C@H](CO)[C@@H](OC(=O)/C=C/c3ccc(O)cc3)[C@H](O)[C@H]1O)C(=O)[C@H](C)C2. The minimum atomic E-state index is -1.56. The van der Waals surface area contributed by atoms with Crippen LogP contribution in [0.25, 0.3) is 6.08 Å². The molecule has 1 heterocycles. The summed E-state index contributed by atoms with van der Waals surface area (Å²) in [5.41, 5.74) is 5.47. The maximum Gasteiger partial charge on any atom is 0.331 e. The summed E-state index contributed by atoms with van der Waals surface area (Å²) in [7, 11) is 0. The van der Waals surface area contributed by atoms with Gasteiger partial charge in [-0.25, -0.2) is 4.79 Å². The number of fused-ring (bicyclic) bond motifs is 1. The van der Waals surface area contributed by atoms with Crippen LogP contribution in [0, 0.1) is 19.8 Å². The lowest BCUT2D eigenvalue weighted by atomic mass is 9.92. The van der Waals surface area contributed by atoms with E-state index in [-0.39, 0.29) is 24.1 Å². The van der Waals surface area contributed by atoms with Crippen LogP contribution in [-0.4, -0.2) is 76.1 Å². The van der Waals surface area contributed by atoms with Gasteiger partial charge in [0.1, 0.15) is 24.1 Å². The fourth-order valence-electron chi connectivity index (χ4n) is 5.20. The Labute approximate surface area is 221 Å². The van der Waals surface area contributed by atoms with Gasteiger partial charge in [-0.2, -0.15) is 0 Å². The molecule has 1 fully saturated rings. The van der Waals surface area contributed by atoms with Gasteiger partial charge in [0, 0.05) is 17.6 Å². The number of aliphatic hydroxyl groups is 3. The number of phenolic OH excluding ortho intramolecular Hbond substituents is 1. The fourth-order valence-corrected chi connectivity index (χ4v) is 5.20. The number of aliphatic hydroxyl groups excluding tert-OH is 3. The molecule has 2 aromatic carbocycles. The summed E-state index contributed by atoms with van der Waals surface area (Å²) < 4.78 is 16.7. The zero-order valence-corrected chi connectivity index (χ0v) is 21.7. The molecule has 1 aliphatic heterocycles. The van der Waals surface area contributed by atoms with Gasteiger partial charge in [0.05, 0.1) is 13.2 Å². The molecule has 2 aliphatic rings. The molecule has 38 heavy (non-hydrogen) atoms. The predicted molar refractivity (Wildman–Crippen MR) is 138 cm³/mol. The lowest BCUT2D eigenvalue weighted by molar-refractivity contribution is -0.302. The van der Waals surface area contributed by atoms with Crippen LogP contribution in [0.2, 0.25) is 0 Å². The largest absolute Gasteiger partial charge is 0.508 e. The van der Waals surface area contributed by atoms with Gasteiger partial charge in [-0.05, 0) is 72.7 Å². The van der Waals surface area contributed by atoms with E-state index in [1.807, 2.05) is 26.8 Å². The molecule has 4 N–H and O–H groups in total. The summed E-state index contributed by atoms with van der Waals surface area (Å²) in [5, 5.41) is 40.4.